The van der Waals surface area contributed by atoms with Gasteiger partial charge in [0.05, 0.1) is 0 Å². The maximum atomic E-state index is 12.8. The topological polar surface area (TPSA) is 80.3 Å². The summed E-state index contributed by atoms with van der Waals surface area (Å²) < 4.78 is 28.6. The fraction of sp³-hybridized carbons (Fsp3) is 0.333. The Morgan fingerprint density at radius 3 is 2.82 bits per heavy atom. The Morgan fingerprint density at radius 1 is 1.36 bits per heavy atom. The monoisotopic (exact) mass is 305 g/mol. The Morgan fingerprint density at radius 2 is 2.14 bits per heavy atom. The van der Waals surface area contributed by atoms with E-state index in [1.165, 1.54) is 24.3 Å². The number of halogens is 1. The zero-order valence-electron chi connectivity index (χ0n) is 12.1. The molecule has 0 radical (unpaired) electrons. The highest BCUT2D eigenvalue weighted by atomic mass is 19.1. The van der Waals surface area contributed by atoms with Crippen LogP contribution < -0.4 is 10.1 Å². The first-order valence-corrected chi connectivity index (χ1v) is 6.74. The van der Waals surface area contributed by atoms with E-state index >= 15 is 0 Å². The van der Waals surface area contributed by atoms with Crippen molar-refractivity contribution in [3.63, 3.8) is 0 Å². The number of nitriles is 1. The number of aromatic nitrogens is 1. The van der Waals surface area contributed by atoms with Gasteiger partial charge in [0.25, 0.3) is 0 Å². The van der Waals surface area contributed by atoms with E-state index < -0.39 is 0 Å². The lowest BCUT2D eigenvalue weighted by atomic mass is 10.3. The van der Waals surface area contributed by atoms with Crippen LogP contribution in [-0.4, -0.2) is 25.2 Å². The van der Waals surface area contributed by atoms with Crippen molar-refractivity contribution in [2.75, 3.05) is 25.6 Å². The van der Waals surface area contributed by atoms with Gasteiger partial charge in [-0.2, -0.15) is 10.2 Å². The third-order valence-electron chi connectivity index (χ3n) is 2.76. The maximum Gasteiger partial charge on any atom is 0.236 e. The third-order valence-corrected chi connectivity index (χ3v) is 2.76. The van der Waals surface area contributed by atoms with Gasteiger partial charge in [0.15, 0.2) is 6.61 Å². The predicted octanol–water partition coefficient (Wildman–Crippen LogP) is 2.71. The number of hydrogen-bond acceptors (Lipinski definition) is 6. The number of rotatable bonds is 8. The van der Waals surface area contributed by atoms with E-state index in [4.69, 9.17) is 19.2 Å². The zero-order chi connectivity index (χ0) is 15.8. The lowest BCUT2D eigenvalue weighted by Gasteiger charge is -2.03. The highest BCUT2D eigenvalue weighted by Gasteiger charge is 2.13. The van der Waals surface area contributed by atoms with Crippen molar-refractivity contribution in [2.24, 2.45) is 0 Å². The van der Waals surface area contributed by atoms with Crippen molar-refractivity contribution in [2.45, 2.75) is 13.0 Å². The normalized spacial score (nSPS) is 10.2. The molecule has 0 bridgehead atoms. The highest BCUT2D eigenvalue weighted by molar-refractivity contribution is 5.45. The van der Waals surface area contributed by atoms with Crippen LogP contribution in [0, 0.1) is 17.1 Å². The van der Waals surface area contributed by atoms with Crippen molar-refractivity contribution in [1.82, 2.24) is 4.98 Å². The molecule has 0 atom stereocenters. The smallest absolute Gasteiger partial charge is 0.236 e. The summed E-state index contributed by atoms with van der Waals surface area (Å²) in [6.07, 6.45) is 0.781. The number of nitrogens with one attached hydrogen (secondary N) is 1. The van der Waals surface area contributed by atoms with Gasteiger partial charge in [-0.05, 0) is 30.7 Å². The molecule has 0 aliphatic rings. The predicted molar refractivity (Wildman–Crippen MR) is 76.9 cm³/mol. The minimum absolute atomic E-state index is 0.0556. The van der Waals surface area contributed by atoms with Gasteiger partial charge in [-0.25, -0.2) is 4.39 Å². The molecule has 116 valence electrons. The molecule has 0 aliphatic heterocycles. The van der Waals surface area contributed by atoms with Crippen molar-refractivity contribution < 1.29 is 18.3 Å². The number of anilines is 1. The summed E-state index contributed by atoms with van der Waals surface area (Å²) in [5.74, 6) is 0.747. The fourth-order valence-corrected chi connectivity index (χ4v) is 1.72. The molecule has 1 heterocycles. The van der Waals surface area contributed by atoms with E-state index in [0.29, 0.717) is 24.8 Å². The average Bonchev–Trinajstić information content (AvgIpc) is 2.93. The summed E-state index contributed by atoms with van der Waals surface area (Å²) in [7, 11) is 1.63. The fourth-order valence-electron chi connectivity index (χ4n) is 1.72. The Labute approximate surface area is 127 Å². The van der Waals surface area contributed by atoms with Gasteiger partial charge in [-0.1, -0.05) is 0 Å². The van der Waals surface area contributed by atoms with Gasteiger partial charge in [-0.15, -0.1) is 0 Å². The van der Waals surface area contributed by atoms with E-state index in [1.54, 1.807) is 7.11 Å². The molecule has 0 fully saturated rings. The number of nitrogens with zero attached hydrogens (tertiary/aromatic N) is 2. The number of ether oxygens (including phenoxy) is 2. The second-order valence-corrected chi connectivity index (χ2v) is 4.41. The molecule has 0 aliphatic carbocycles. The molecule has 0 amide bonds. The van der Waals surface area contributed by atoms with Crippen LogP contribution in [0.5, 0.6) is 5.75 Å². The molecule has 7 heteroatoms. The summed E-state index contributed by atoms with van der Waals surface area (Å²) in [5.41, 5.74) is 0.176. The lowest BCUT2D eigenvalue weighted by Crippen LogP contribution is -2.04. The van der Waals surface area contributed by atoms with Gasteiger partial charge < -0.3 is 19.2 Å². The molecule has 2 aromatic rings. The van der Waals surface area contributed by atoms with Crippen LogP contribution in [0.2, 0.25) is 0 Å². The van der Waals surface area contributed by atoms with Crippen LogP contribution in [-0.2, 0) is 11.3 Å². The first-order chi connectivity index (χ1) is 10.7. The van der Waals surface area contributed by atoms with Gasteiger partial charge in [0, 0.05) is 20.3 Å². The summed E-state index contributed by atoms with van der Waals surface area (Å²) in [4.78, 5) is 4.04. The molecular formula is C15H16FN3O3. The Bertz CT molecular complexity index is 634. The molecule has 0 saturated heterocycles. The summed E-state index contributed by atoms with van der Waals surface area (Å²) in [6, 6.07) is 7.57. The average molecular weight is 305 g/mol. The Kier molecular flexibility index (Phi) is 5.74. The van der Waals surface area contributed by atoms with Crippen molar-refractivity contribution in [3.8, 4) is 11.8 Å². The molecule has 0 saturated carbocycles. The molecule has 2 rings (SSSR count). The Balaban J connectivity index is 1.92. The molecule has 6 nitrogen and oxygen atoms in total. The van der Waals surface area contributed by atoms with E-state index in [2.05, 4.69) is 10.3 Å². The lowest BCUT2D eigenvalue weighted by molar-refractivity contribution is 0.197. The van der Waals surface area contributed by atoms with Crippen LogP contribution in [0.25, 0.3) is 0 Å². The van der Waals surface area contributed by atoms with E-state index in [9.17, 15) is 4.39 Å². The third kappa shape index (κ3) is 4.46. The second kappa shape index (κ2) is 8.00. The highest BCUT2D eigenvalue weighted by Crippen LogP contribution is 2.19. The number of hydrogen-bond donors (Lipinski definition) is 1. The summed E-state index contributed by atoms with van der Waals surface area (Å²) in [6.45, 7) is 1.28. The number of oxazole rings is 1. The van der Waals surface area contributed by atoms with Crippen molar-refractivity contribution in [1.29, 1.82) is 5.26 Å². The molecule has 22 heavy (non-hydrogen) atoms. The largest absolute Gasteiger partial charge is 0.484 e. The first-order valence-electron chi connectivity index (χ1n) is 6.74. The molecule has 0 spiro atoms. The van der Waals surface area contributed by atoms with Crippen molar-refractivity contribution in [3.05, 3.63) is 41.7 Å². The van der Waals surface area contributed by atoms with Crippen LogP contribution in [0.15, 0.2) is 28.7 Å². The van der Waals surface area contributed by atoms with Gasteiger partial charge in [0.1, 0.15) is 17.6 Å². The maximum absolute atomic E-state index is 12.8. The molecule has 1 N–H and O–H groups in total. The van der Waals surface area contributed by atoms with Crippen LogP contribution in [0.1, 0.15) is 18.0 Å². The molecular weight excluding hydrogens is 289 g/mol. The van der Waals surface area contributed by atoms with E-state index in [0.717, 1.165) is 6.42 Å². The minimum atomic E-state index is -0.335. The van der Waals surface area contributed by atoms with Gasteiger partial charge in [-0.3, -0.25) is 0 Å². The van der Waals surface area contributed by atoms with E-state index in [1.807, 2.05) is 6.07 Å². The second-order valence-electron chi connectivity index (χ2n) is 4.41. The van der Waals surface area contributed by atoms with Gasteiger partial charge in [0.2, 0.25) is 17.5 Å². The quantitative estimate of drug-likeness (QED) is 0.755. The Hall–Kier alpha value is -2.59. The molecule has 1 aromatic carbocycles. The van der Waals surface area contributed by atoms with Crippen molar-refractivity contribution >= 4 is 5.88 Å². The number of benzene rings is 1. The van der Waals surface area contributed by atoms with E-state index in [-0.39, 0.29) is 24.0 Å². The standard InChI is InChI=1S/C15H16FN3O3/c1-20-8-2-7-18-15-13(9-17)19-14(22-15)10-21-12-5-3-11(16)4-6-12/h3-6,18H,2,7-8,10H2,1H3. The SMILES string of the molecule is COCCCNc1oc(COc2ccc(F)cc2)nc1C#N. The number of methoxy groups -OCH3 is 1. The zero-order valence-corrected chi connectivity index (χ0v) is 12.1. The molecule has 0 unspecified atom stereocenters. The van der Waals surface area contributed by atoms with Crippen LogP contribution >= 0.6 is 0 Å². The summed E-state index contributed by atoms with van der Waals surface area (Å²) in [5, 5.41) is 12.0. The van der Waals surface area contributed by atoms with Gasteiger partial charge >= 0.3 is 0 Å². The minimum Gasteiger partial charge on any atom is -0.484 e. The van der Waals surface area contributed by atoms with Crippen LogP contribution in [0.3, 0.4) is 0 Å². The first kappa shape index (κ1) is 15.8. The molecule has 1 aromatic heterocycles. The summed E-state index contributed by atoms with van der Waals surface area (Å²) >= 11 is 0. The van der Waals surface area contributed by atoms with Crippen LogP contribution in [0.4, 0.5) is 10.3 Å².